The molecular formula is C13H25N5O. The van der Waals surface area contributed by atoms with Gasteiger partial charge in [-0.3, -0.25) is 0 Å². The van der Waals surface area contributed by atoms with E-state index in [1.165, 1.54) is 0 Å². The van der Waals surface area contributed by atoms with Crippen LogP contribution in [0.25, 0.3) is 0 Å². The topological polar surface area (TPSA) is 96.1 Å². The van der Waals surface area contributed by atoms with Crippen molar-refractivity contribution < 1.29 is 5.11 Å². The van der Waals surface area contributed by atoms with Crippen LogP contribution in [0.1, 0.15) is 44.5 Å². The molecule has 108 valence electrons. The maximum atomic E-state index is 9.75. The molecule has 0 fully saturated rings. The molecule has 6 nitrogen and oxygen atoms in total. The highest BCUT2D eigenvalue weighted by molar-refractivity contribution is 5.56. The van der Waals surface area contributed by atoms with Gasteiger partial charge in [0.1, 0.15) is 17.5 Å². The molecule has 0 bridgehead atoms. The highest BCUT2D eigenvalue weighted by Gasteiger charge is 2.11. The van der Waals surface area contributed by atoms with E-state index >= 15 is 0 Å². The van der Waals surface area contributed by atoms with Gasteiger partial charge < -0.3 is 15.8 Å². The summed E-state index contributed by atoms with van der Waals surface area (Å²) >= 11 is 0. The Labute approximate surface area is 114 Å². The zero-order valence-electron chi connectivity index (χ0n) is 12.0. The number of aryl methyl sites for hydroxylation is 1. The fourth-order valence-electron chi connectivity index (χ4n) is 1.86. The molecule has 1 unspecified atom stereocenters. The minimum atomic E-state index is -0.358. The van der Waals surface area contributed by atoms with Crippen LogP contribution in [0, 0.1) is 6.92 Å². The Morgan fingerprint density at radius 3 is 2.47 bits per heavy atom. The smallest absolute Gasteiger partial charge is 0.148 e. The molecule has 0 amide bonds. The predicted octanol–water partition coefficient (Wildman–Crippen LogP) is 1.60. The van der Waals surface area contributed by atoms with Crippen molar-refractivity contribution in [1.29, 1.82) is 0 Å². The van der Waals surface area contributed by atoms with Gasteiger partial charge >= 0.3 is 0 Å². The number of nitrogens with zero attached hydrogens (tertiary/aromatic N) is 2. The Hall–Kier alpha value is -1.40. The van der Waals surface area contributed by atoms with E-state index in [-0.39, 0.29) is 6.10 Å². The van der Waals surface area contributed by atoms with Crippen LogP contribution in [0.15, 0.2) is 0 Å². The lowest BCUT2D eigenvalue weighted by Gasteiger charge is -2.15. The molecule has 0 saturated carbocycles. The molecule has 1 heterocycles. The van der Waals surface area contributed by atoms with Gasteiger partial charge in [-0.25, -0.2) is 15.8 Å². The van der Waals surface area contributed by atoms with Crippen LogP contribution in [-0.2, 0) is 6.42 Å². The minimum absolute atomic E-state index is 0.358. The van der Waals surface area contributed by atoms with Crippen molar-refractivity contribution in [2.24, 2.45) is 5.84 Å². The number of nitrogens with one attached hydrogen (secondary N) is 2. The van der Waals surface area contributed by atoms with Gasteiger partial charge in [0.05, 0.1) is 6.10 Å². The van der Waals surface area contributed by atoms with Crippen molar-refractivity contribution >= 4 is 11.6 Å². The van der Waals surface area contributed by atoms with Crippen molar-refractivity contribution in [3.05, 3.63) is 11.4 Å². The largest absolute Gasteiger partial charge is 0.391 e. The summed E-state index contributed by atoms with van der Waals surface area (Å²) in [6.45, 7) is 6.52. The van der Waals surface area contributed by atoms with Crippen LogP contribution >= 0.6 is 0 Å². The fourth-order valence-corrected chi connectivity index (χ4v) is 1.86. The molecule has 0 aromatic carbocycles. The third-order valence-electron chi connectivity index (χ3n) is 2.93. The van der Waals surface area contributed by atoms with E-state index in [2.05, 4.69) is 34.6 Å². The van der Waals surface area contributed by atoms with Gasteiger partial charge in [0.15, 0.2) is 0 Å². The first kappa shape index (κ1) is 15.7. The van der Waals surface area contributed by atoms with Gasteiger partial charge in [-0.05, 0) is 19.8 Å². The van der Waals surface area contributed by atoms with Crippen molar-refractivity contribution in [2.75, 3.05) is 17.3 Å². The lowest BCUT2D eigenvalue weighted by atomic mass is 10.2. The highest BCUT2D eigenvalue weighted by Crippen LogP contribution is 2.19. The van der Waals surface area contributed by atoms with Crippen LogP contribution in [-0.4, -0.2) is 27.7 Å². The second kappa shape index (κ2) is 7.91. The lowest BCUT2D eigenvalue weighted by molar-refractivity contribution is 0.176. The molecule has 0 aliphatic rings. The molecular weight excluding hydrogens is 242 g/mol. The van der Waals surface area contributed by atoms with Gasteiger partial charge in [0.2, 0.25) is 0 Å². The van der Waals surface area contributed by atoms with Crippen molar-refractivity contribution in [3.8, 4) is 0 Å². The fraction of sp³-hybridized carbons (Fsp3) is 0.692. The predicted molar refractivity (Wildman–Crippen MR) is 78.0 cm³/mol. The van der Waals surface area contributed by atoms with E-state index in [9.17, 15) is 5.11 Å². The van der Waals surface area contributed by atoms with Gasteiger partial charge in [-0.1, -0.05) is 20.3 Å². The van der Waals surface area contributed by atoms with Crippen LogP contribution in [0.4, 0.5) is 11.6 Å². The van der Waals surface area contributed by atoms with E-state index in [1.807, 2.05) is 6.92 Å². The molecule has 1 rings (SSSR count). The average Bonchev–Trinajstić information content (AvgIpc) is 2.39. The molecule has 0 radical (unpaired) electrons. The zero-order chi connectivity index (χ0) is 14.3. The summed E-state index contributed by atoms with van der Waals surface area (Å²) in [5, 5.41) is 12.9. The standard InChI is InChI=1S/C13H25N5O/c1-4-6-10(19)8-15-12-9(3)13(18-14)17-11(16-12)7-5-2/h10,19H,4-8,14H2,1-3H3,(H2,15,16,17,18). The zero-order valence-corrected chi connectivity index (χ0v) is 12.0. The third-order valence-corrected chi connectivity index (χ3v) is 2.93. The maximum Gasteiger partial charge on any atom is 0.148 e. The monoisotopic (exact) mass is 267 g/mol. The summed E-state index contributed by atoms with van der Waals surface area (Å²) in [4.78, 5) is 8.83. The van der Waals surface area contributed by atoms with Gasteiger partial charge in [-0.2, -0.15) is 0 Å². The Kier molecular flexibility index (Phi) is 6.52. The maximum absolute atomic E-state index is 9.75. The SMILES string of the molecule is CCCc1nc(NN)c(C)c(NCC(O)CCC)n1. The third kappa shape index (κ3) is 4.65. The van der Waals surface area contributed by atoms with E-state index in [0.717, 1.165) is 42.9 Å². The molecule has 6 heteroatoms. The van der Waals surface area contributed by atoms with E-state index in [4.69, 9.17) is 5.84 Å². The normalized spacial score (nSPS) is 12.3. The van der Waals surface area contributed by atoms with E-state index < -0.39 is 0 Å². The van der Waals surface area contributed by atoms with E-state index in [1.54, 1.807) is 0 Å². The van der Waals surface area contributed by atoms with Gasteiger partial charge in [0.25, 0.3) is 0 Å². The molecule has 0 aliphatic carbocycles. The second-order valence-electron chi connectivity index (χ2n) is 4.68. The minimum Gasteiger partial charge on any atom is -0.391 e. The number of hydrazine groups is 1. The van der Waals surface area contributed by atoms with Gasteiger partial charge in [0, 0.05) is 18.5 Å². The molecule has 0 spiro atoms. The van der Waals surface area contributed by atoms with Crippen LogP contribution in [0.5, 0.6) is 0 Å². The quantitative estimate of drug-likeness (QED) is 0.422. The number of anilines is 2. The Balaban J connectivity index is 2.82. The molecule has 5 N–H and O–H groups in total. The summed E-state index contributed by atoms with van der Waals surface area (Å²) in [5.74, 6) is 7.60. The number of nitrogen functional groups attached to an aromatic ring is 1. The van der Waals surface area contributed by atoms with Crippen LogP contribution in [0.3, 0.4) is 0 Å². The summed E-state index contributed by atoms with van der Waals surface area (Å²) in [7, 11) is 0. The first-order valence-corrected chi connectivity index (χ1v) is 6.88. The Morgan fingerprint density at radius 2 is 1.89 bits per heavy atom. The summed E-state index contributed by atoms with van der Waals surface area (Å²) in [6.07, 6.45) is 3.17. The Morgan fingerprint density at radius 1 is 1.21 bits per heavy atom. The second-order valence-corrected chi connectivity index (χ2v) is 4.68. The van der Waals surface area contributed by atoms with Crippen LogP contribution < -0.4 is 16.6 Å². The number of hydrogen-bond acceptors (Lipinski definition) is 6. The first-order chi connectivity index (χ1) is 9.12. The summed E-state index contributed by atoms with van der Waals surface area (Å²) in [5.41, 5.74) is 3.46. The number of nitrogens with two attached hydrogens (primary N) is 1. The molecule has 0 saturated heterocycles. The number of aliphatic hydroxyl groups is 1. The lowest BCUT2D eigenvalue weighted by Crippen LogP contribution is -2.21. The van der Waals surface area contributed by atoms with Crippen LogP contribution in [0.2, 0.25) is 0 Å². The summed E-state index contributed by atoms with van der Waals surface area (Å²) in [6, 6.07) is 0. The van der Waals surface area contributed by atoms with Gasteiger partial charge in [-0.15, -0.1) is 0 Å². The first-order valence-electron chi connectivity index (χ1n) is 6.88. The molecule has 1 aromatic heterocycles. The van der Waals surface area contributed by atoms with Crippen molar-refractivity contribution in [1.82, 2.24) is 9.97 Å². The highest BCUT2D eigenvalue weighted by atomic mass is 16.3. The number of aromatic nitrogens is 2. The Bertz CT molecular complexity index is 397. The number of hydrogen-bond donors (Lipinski definition) is 4. The van der Waals surface area contributed by atoms with Crippen molar-refractivity contribution in [3.63, 3.8) is 0 Å². The van der Waals surface area contributed by atoms with Crippen molar-refractivity contribution in [2.45, 2.75) is 52.6 Å². The molecule has 1 atom stereocenters. The molecule has 1 aromatic rings. The molecule has 0 aliphatic heterocycles. The summed E-state index contributed by atoms with van der Waals surface area (Å²) < 4.78 is 0. The van der Waals surface area contributed by atoms with E-state index in [0.29, 0.717) is 12.4 Å². The molecule has 19 heavy (non-hydrogen) atoms. The average molecular weight is 267 g/mol. The number of aliphatic hydroxyl groups excluding tert-OH is 1. The number of rotatable bonds is 8.